The van der Waals surface area contributed by atoms with Crippen molar-refractivity contribution in [2.24, 2.45) is 0 Å². The van der Waals surface area contributed by atoms with E-state index < -0.39 is 5.82 Å². The molecule has 8 nitrogen and oxygen atoms in total. The normalized spacial score (nSPS) is 10.6. The van der Waals surface area contributed by atoms with Gasteiger partial charge in [0.25, 0.3) is 0 Å². The molecular weight excluding hydrogens is 433 g/mol. The number of anilines is 3. The first kappa shape index (κ1) is 21.4. The van der Waals surface area contributed by atoms with Crippen LogP contribution in [-0.2, 0) is 6.54 Å². The molecule has 3 heterocycles. The molecule has 0 bridgehead atoms. The molecule has 0 aliphatic rings. The Kier molecular flexibility index (Phi) is 6.37. The molecule has 4 aromatic rings. The highest BCUT2D eigenvalue weighted by Gasteiger charge is 2.12. The molecule has 0 fully saturated rings. The van der Waals surface area contributed by atoms with Gasteiger partial charge in [-0.3, -0.25) is 4.98 Å². The first-order chi connectivity index (χ1) is 15.5. The number of hydrogen-bond donors (Lipinski definition) is 2. The van der Waals surface area contributed by atoms with Crippen LogP contribution in [-0.4, -0.2) is 32.0 Å². The lowest BCUT2D eigenvalue weighted by molar-refractivity contribution is 0.380. The van der Waals surface area contributed by atoms with E-state index in [1.807, 2.05) is 13.0 Å². The predicted molar refractivity (Wildman–Crippen MR) is 121 cm³/mol. The summed E-state index contributed by atoms with van der Waals surface area (Å²) in [7, 11) is 1.50. The fourth-order valence-corrected chi connectivity index (χ4v) is 3.11. The summed E-state index contributed by atoms with van der Waals surface area (Å²) in [5.41, 5.74) is 4.13. The van der Waals surface area contributed by atoms with E-state index in [2.05, 4.69) is 35.6 Å². The van der Waals surface area contributed by atoms with Crippen LogP contribution in [0.15, 0.2) is 55.2 Å². The summed E-state index contributed by atoms with van der Waals surface area (Å²) in [5, 5.41) is 6.40. The number of rotatable bonds is 7. The Balaban J connectivity index is 1.66. The number of pyridine rings is 1. The van der Waals surface area contributed by atoms with E-state index in [-0.39, 0.29) is 11.0 Å². The van der Waals surface area contributed by atoms with E-state index in [4.69, 9.17) is 16.3 Å². The fraction of sp³-hybridized carbons (Fsp3) is 0.136. The SMILES string of the molecule is COc1ncc(-c2cnc(Nc3ccc(F)c(Cl)c3)nc2NCc2ccncc2C)cn1. The summed E-state index contributed by atoms with van der Waals surface area (Å²) in [6.07, 6.45) is 8.49. The second kappa shape index (κ2) is 9.52. The Morgan fingerprint density at radius 2 is 1.88 bits per heavy atom. The van der Waals surface area contributed by atoms with Gasteiger partial charge in [-0.15, -0.1) is 0 Å². The average molecular weight is 452 g/mol. The van der Waals surface area contributed by atoms with Crippen LogP contribution < -0.4 is 15.4 Å². The fourth-order valence-electron chi connectivity index (χ4n) is 2.93. The van der Waals surface area contributed by atoms with E-state index in [1.165, 1.54) is 19.2 Å². The van der Waals surface area contributed by atoms with Crippen molar-refractivity contribution in [2.75, 3.05) is 17.7 Å². The molecule has 4 rings (SSSR count). The van der Waals surface area contributed by atoms with Crippen LogP contribution in [0.25, 0.3) is 11.1 Å². The molecule has 2 N–H and O–H groups in total. The summed E-state index contributed by atoms with van der Waals surface area (Å²) in [5.74, 6) is 0.392. The van der Waals surface area contributed by atoms with Gasteiger partial charge in [0.2, 0.25) is 5.95 Å². The molecule has 0 unspecified atom stereocenters. The third kappa shape index (κ3) is 4.89. The van der Waals surface area contributed by atoms with Crippen LogP contribution in [0, 0.1) is 12.7 Å². The summed E-state index contributed by atoms with van der Waals surface area (Å²) < 4.78 is 18.5. The zero-order chi connectivity index (χ0) is 22.5. The second-order valence-corrected chi connectivity index (χ2v) is 7.23. The molecule has 0 atom stereocenters. The number of ether oxygens (including phenoxy) is 1. The van der Waals surface area contributed by atoms with Crippen molar-refractivity contribution in [3.05, 3.63) is 77.2 Å². The van der Waals surface area contributed by atoms with Crippen LogP contribution in [0.2, 0.25) is 5.02 Å². The van der Waals surface area contributed by atoms with Crippen molar-refractivity contribution in [3.63, 3.8) is 0 Å². The lowest BCUT2D eigenvalue weighted by Gasteiger charge is -2.14. The average Bonchev–Trinajstić information content (AvgIpc) is 2.81. The minimum absolute atomic E-state index is 0.00788. The molecule has 0 aliphatic carbocycles. The van der Waals surface area contributed by atoms with Crippen molar-refractivity contribution in [2.45, 2.75) is 13.5 Å². The Bertz CT molecular complexity index is 1240. The van der Waals surface area contributed by atoms with Gasteiger partial charge in [-0.1, -0.05) is 11.6 Å². The Labute approximate surface area is 188 Å². The molecule has 162 valence electrons. The zero-order valence-electron chi connectivity index (χ0n) is 17.3. The van der Waals surface area contributed by atoms with Gasteiger partial charge in [-0.05, 0) is 42.3 Å². The number of nitrogens with zero attached hydrogens (tertiary/aromatic N) is 5. The third-order valence-corrected chi connectivity index (χ3v) is 4.96. The Morgan fingerprint density at radius 3 is 2.59 bits per heavy atom. The Hall–Kier alpha value is -3.85. The van der Waals surface area contributed by atoms with Crippen molar-refractivity contribution in [1.82, 2.24) is 24.9 Å². The maximum absolute atomic E-state index is 13.5. The van der Waals surface area contributed by atoms with Crippen LogP contribution >= 0.6 is 11.6 Å². The standard InChI is InChI=1S/C22H19ClFN7O/c1-13-8-25-6-5-14(13)9-26-20-17(15-10-28-22(32-2)29-11-15)12-27-21(31-20)30-16-3-4-19(24)18(23)7-16/h3-8,10-12H,9H2,1-2H3,(H2,26,27,30,31). The number of nitrogens with one attached hydrogen (secondary N) is 2. The van der Waals surface area contributed by atoms with Crippen molar-refractivity contribution in [3.8, 4) is 17.1 Å². The maximum Gasteiger partial charge on any atom is 0.316 e. The molecule has 0 amide bonds. The van der Waals surface area contributed by atoms with Crippen LogP contribution in [0.5, 0.6) is 6.01 Å². The molecular formula is C22H19ClFN7O. The van der Waals surface area contributed by atoms with Crippen molar-refractivity contribution >= 4 is 29.1 Å². The second-order valence-electron chi connectivity index (χ2n) is 6.82. The van der Waals surface area contributed by atoms with Crippen molar-refractivity contribution < 1.29 is 9.13 Å². The molecule has 3 aromatic heterocycles. The highest BCUT2D eigenvalue weighted by molar-refractivity contribution is 6.31. The molecule has 1 aromatic carbocycles. The van der Waals surface area contributed by atoms with Gasteiger partial charge in [0.05, 0.1) is 12.1 Å². The van der Waals surface area contributed by atoms with Gasteiger partial charge < -0.3 is 15.4 Å². The third-order valence-electron chi connectivity index (χ3n) is 4.67. The lowest BCUT2D eigenvalue weighted by atomic mass is 10.1. The largest absolute Gasteiger partial charge is 0.467 e. The molecule has 0 saturated heterocycles. The topological polar surface area (TPSA) is 97.7 Å². The summed E-state index contributed by atoms with van der Waals surface area (Å²) in [4.78, 5) is 21.4. The molecule has 0 aliphatic heterocycles. The van der Waals surface area contributed by atoms with Gasteiger partial charge >= 0.3 is 6.01 Å². The number of aryl methyl sites for hydroxylation is 1. The van der Waals surface area contributed by atoms with Crippen LogP contribution in [0.3, 0.4) is 0 Å². The summed E-state index contributed by atoms with van der Waals surface area (Å²) >= 11 is 5.88. The molecule has 0 saturated carbocycles. The molecule has 32 heavy (non-hydrogen) atoms. The highest BCUT2D eigenvalue weighted by atomic mass is 35.5. The molecule has 0 spiro atoms. The zero-order valence-corrected chi connectivity index (χ0v) is 18.1. The number of methoxy groups -OCH3 is 1. The van der Waals surface area contributed by atoms with Gasteiger partial charge in [0.15, 0.2) is 0 Å². The monoisotopic (exact) mass is 451 g/mol. The predicted octanol–water partition coefficient (Wildman–Crippen LogP) is 4.79. The van der Waals surface area contributed by atoms with E-state index in [0.29, 0.717) is 29.6 Å². The van der Waals surface area contributed by atoms with Gasteiger partial charge in [-0.25, -0.2) is 19.3 Å². The van der Waals surface area contributed by atoms with Gasteiger partial charge in [-0.2, -0.15) is 4.98 Å². The summed E-state index contributed by atoms with van der Waals surface area (Å²) in [6, 6.07) is 6.52. The first-order valence-corrected chi connectivity index (χ1v) is 10.00. The minimum atomic E-state index is -0.497. The molecule has 10 heteroatoms. The van der Waals surface area contributed by atoms with E-state index in [1.54, 1.807) is 37.1 Å². The van der Waals surface area contributed by atoms with E-state index >= 15 is 0 Å². The lowest BCUT2D eigenvalue weighted by Crippen LogP contribution is -2.07. The van der Waals surface area contributed by atoms with Crippen LogP contribution in [0.4, 0.5) is 21.8 Å². The minimum Gasteiger partial charge on any atom is -0.467 e. The summed E-state index contributed by atoms with van der Waals surface area (Å²) in [6.45, 7) is 2.52. The molecule has 0 radical (unpaired) electrons. The number of hydrogen-bond acceptors (Lipinski definition) is 8. The van der Waals surface area contributed by atoms with Gasteiger partial charge in [0, 0.05) is 54.3 Å². The maximum atomic E-state index is 13.5. The number of aromatic nitrogens is 5. The van der Waals surface area contributed by atoms with Crippen molar-refractivity contribution in [1.29, 1.82) is 0 Å². The highest BCUT2D eigenvalue weighted by Crippen LogP contribution is 2.28. The number of benzene rings is 1. The van der Waals surface area contributed by atoms with Gasteiger partial charge in [0.1, 0.15) is 11.6 Å². The van der Waals surface area contributed by atoms with Crippen LogP contribution in [0.1, 0.15) is 11.1 Å². The van der Waals surface area contributed by atoms with E-state index in [9.17, 15) is 4.39 Å². The quantitative estimate of drug-likeness (QED) is 0.413. The first-order valence-electron chi connectivity index (χ1n) is 9.62. The smallest absolute Gasteiger partial charge is 0.316 e. The number of halogens is 2. The Morgan fingerprint density at radius 1 is 1.06 bits per heavy atom. The van der Waals surface area contributed by atoms with E-state index in [0.717, 1.165) is 16.7 Å².